The molecular weight excluding hydrogens is 484 g/mol. The summed E-state index contributed by atoms with van der Waals surface area (Å²) in [7, 11) is 1.54. The van der Waals surface area contributed by atoms with Gasteiger partial charge in [-0.05, 0) is 42.9 Å². The number of furan rings is 1. The maximum Gasteiger partial charge on any atom is 0.287 e. The Morgan fingerprint density at radius 2 is 1.92 bits per heavy atom. The molecule has 1 aliphatic rings. The van der Waals surface area contributed by atoms with Crippen LogP contribution in [0.4, 0.5) is 0 Å². The molecular formula is C29H34N4O5. The third-order valence-corrected chi connectivity index (χ3v) is 6.34. The summed E-state index contributed by atoms with van der Waals surface area (Å²) in [4.78, 5) is 38.6. The second kappa shape index (κ2) is 12.4. The van der Waals surface area contributed by atoms with Crippen molar-refractivity contribution >= 4 is 34.9 Å². The highest BCUT2D eigenvalue weighted by Crippen LogP contribution is 2.28. The molecule has 0 radical (unpaired) electrons. The van der Waals surface area contributed by atoms with E-state index in [1.165, 1.54) is 12.1 Å². The van der Waals surface area contributed by atoms with Crippen LogP contribution in [0, 0.1) is 5.92 Å². The summed E-state index contributed by atoms with van der Waals surface area (Å²) >= 11 is 0. The van der Waals surface area contributed by atoms with Crippen molar-refractivity contribution in [3.8, 4) is 5.75 Å². The maximum atomic E-state index is 13.5. The van der Waals surface area contributed by atoms with Crippen LogP contribution >= 0.6 is 0 Å². The molecule has 0 bridgehead atoms. The molecule has 200 valence electrons. The van der Waals surface area contributed by atoms with E-state index in [1.54, 1.807) is 18.3 Å². The standard InChI is InChI=1S/C29H34N4O5/c1-19(2)15-23(32-29(36)25-17-21-11-7-12-24(37-3)27(21)38-25)28(35)31-22(16-20-9-5-4-6-10-20)18-30-33-14-8-13-26(33)34/h4-7,9-12,17-19,22-23H,8,13-16H2,1-3H3,(H,31,35)(H,32,36)/b30-18+/t22-,23-/m0/s1. The predicted molar refractivity (Wildman–Crippen MR) is 145 cm³/mol. The number of ether oxygens (including phenoxy) is 1. The fourth-order valence-electron chi connectivity index (χ4n) is 4.45. The molecule has 2 N–H and O–H groups in total. The monoisotopic (exact) mass is 518 g/mol. The zero-order valence-corrected chi connectivity index (χ0v) is 22.0. The average molecular weight is 519 g/mol. The van der Waals surface area contributed by atoms with Gasteiger partial charge in [-0.25, -0.2) is 5.01 Å². The Kier molecular flexibility index (Phi) is 8.78. The first-order valence-electron chi connectivity index (χ1n) is 12.9. The van der Waals surface area contributed by atoms with Crippen LogP contribution < -0.4 is 15.4 Å². The van der Waals surface area contributed by atoms with Crippen molar-refractivity contribution in [1.82, 2.24) is 15.6 Å². The van der Waals surface area contributed by atoms with Crippen molar-refractivity contribution < 1.29 is 23.5 Å². The Labute approximate surface area is 222 Å². The lowest BCUT2D eigenvalue weighted by atomic mass is 10.0. The summed E-state index contributed by atoms with van der Waals surface area (Å²) in [6, 6.07) is 15.5. The van der Waals surface area contributed by atoms with Crippen LogP contribution in [0.1, 0.15) is 49.2 Å². The van der Waals surface area contributed by atoms with Crippen LogP contribution in [0.15, 0.2) is 64.1 Å². The molecule has 1 saturated heterocycles. The van der Waals surface area contributed by atoms with Gasteiger partial charge in [0, 0.05) is 24.6 Å². The molecule has 1 aliphatic heterocycles. The topological polar surface area (TPSA) is 113 Å². The van der Waals surface area contributed by atoms with E-state index in [0.29, 0.717) is 37.1 Å². The first-order valence-corrected chi connectivity index (χ1v) is 12.9. The number of carbonyl (C=O) groups is 3. The fourth-order valence-corrected chi connectivity index (χ4v) is 4.45. The summed E-state index contributed by atoms with van der Waals surface area (Å²) in [6.07, 6.45) is 3.77. The Bertz CT molecular complexity index is 1300. The minimum atomic E-state index is -0.794. The van der Waals surface area contributed by atoms with Gasteiger partial charge in [0.2, 0.25) is 11.8 Å². The van der Waals surface area contributed by atoms with Crippen LogP contribution in [0.3, 0.4) is 0 Å². The number of rotatable bonds is 11. The van der Waals surface area contributed by atoms with E-state index < -0.39 is 18.0 Å². The highest BCUT2D eigenvalue weighted by Gasteiger charge is 2.27. The van der Waals surface area contributed by atoms with Gasteiger partial charge >= 0.3 is 0 Å². The van der Waals surface area contributed by atoms with Gasteiger partial charge in [0.25, 0.3) is 5.91 Å². The normalized spacial score (nSPS) is 15.3. The van der Waals surface area contributed by atoms with Gasteiger partial charge in [-0.3, -0.25) is 14.4 Å². The van der Waals surface area contributed by atoms with Crippen LogP contribution in [0.5, 0.6) is 5.75 Å². The van der Waals surface area contributed by atoms with Crippen molar-refractivity contribution in [3.05, 3.63) is 65.9 Å². The molecule has 2 aromatic carbocycles. The van der Waals surface area contributed by atoms with Crippen LogP contribution in [0.2, 0.25) is 0 Å². The Balaban J connectivity index is 1.51. The Hall–Kier alpha value is -4.14. The number of carbonyl (C=O) groups excluding carboxylic acids is 3. The molecule has 0 unspecified atom stereocenters. The van der Waals surface area contributed by atoms with Crippen molar-refractivity contribution in [2.24, 2.45) is 11.0 Å². The van der Waals surface area contributed by atoms with Gasteiger partial charge < -0.3 is 19.8 Å². The smallest absolute Gasteiger partial charge is 0.287 e. The van der Waals surface area contributed by atoms with E-state index in [1.807, 2.05) is 56.3 Å². The minimum absolute atomic E-state index is 0.0292. The fraction of sp³-hybridized carbons (Fsp3) is 0.379. The van der Waals surface area contributed by atoms with Crippen molar-refractivity contribution in [3.63, 3.8) is 0 Å². The third-order valence-electron chi connectivity index (χ3n) is 6.34. The van der Waals surface area contributed by atoms with Crippen LogP contribution in [-0.4, -0.2) is 54.7 Å². The van der Waals surface area contributed by atoms with Gasteiger partial charge in [-0.15, -0.1) is 0 Å². The molecule has 2 heterocycles. The quantitative estimate of drug-likeness (QED) is 0.374. The zero-order chi connectivity index (χ0) is 27.1. The molecule has 1 aromatic heterocycles. The van der Waals surface area contributed by atoms with Crippen LogP contribution in [-0.2, 0) is 16.0 Å². The third kappa shape index (κ3) is 6.79. The Morgan fingerprint density at radius 1 is 1.13 bits per heavy atom. The van der Waals surface area contributed by atoms with Crippen molar-refractivity contribution in [2.45, 2.75) is 51.6 Å². The first-order chi connectivity index (χ1) is 18.3. The second-order valence-corrected chi connectivity index (χ2v) is 9.83. The molecule has 3 aromatic rings. The lowest BCUT2D eigenvalue weighted by molar-refractivity contribution is -0.127. The molecule has 38 heavy (non-hydrogen) atoms. The van der Waals surface area contributed by atoms with Crippen molar-refractivity contribution in [2.75, 3.05) is 13.7 Å². The number of hydrogen-bond donors (Lipinski definition) is 2. The molecule has 1 fully saturated rings. The number of nitrogens with zero attached hydrogens (tertiary/aromatic N) is 2. The molecule has 4 rings (SSSR count). The van der Waals surface area contributed by atoms with E-state index in [0.717, 1.165) is 17.4 Å². The van der Waals surface area contributed by atoms with Crippen LogP contribution in [0.25, 0.3) is 11.0 Å². The molecule has 0 spiro atoms. The van der Waals surface area contributed by atoms with E-state index in [9.17, 15) is 14.4 Å². The van der Waals surface area contributed by atoms with E-state index in [-0.39, 0.29) is 23.5 Å². The SMILES string of the molecule is COc1cccc2cc(C(=O)N[C@@H](CC(C)C)C(=O)N[C@H](/C=N/N3CCCC3=O)Cc3ccccc3)oc12. The molecule has 3 amide bonds. The number of para-hydroxylation sites is 1. The van der Waals surface area contributed by atoms with Crippen molar-refractivity contribution in [1.29, 1.82) is 0 Å². The van der Waals surface area contributed by atoms with E-state index >= 15 is 0 Å². The number of hydrogen-bond acceptors (Lipinski definition) is 6. The van der Waals surface area contributed by atoms with E-state index in [2.05, 4.69) is 15.7 Å². The summed E-state index contributed by atoms with van der Waals surface area (Å²) in [6.45, 7) is 4.54. The first kappa shape index (κ1) is 26.9. The highest BCUT2D eigenvalue weighted by atomic mass is 16.5. The highest BCUT2D eigenvalue weighted by molar-refractivity contribution is 5.99. The van der Waals surface area contributed by atoms with Gasteiger partial charge in [0.15, 0.2) is 17.1 Å². The molecule has 9 nitrogen and oxygen atoms in total. The number of methoxy groups -OCH3 is 1. The summed E-state index contributed by atoms with van der Waals surface area (Å²) in [5.41, 5.74) is 1.48. The molecule has 0 saturated carbocycles. The number of fused-ring (bicyclic) bond motifs is 1. The number of nitrogens with one attached hydrogen (secondary N) is 2. The largest absolute Gasteiger partial charge is 0.493 e. The van der Waals surface area contributed by atoms with Gasteiger partial charge in [0.05, 0.1) is 13.2 Å². The number of hydrazone groups is 1. The average Bonchev–Trinajstić information content (AvgIpc) is 3.53. The maximum absolute atomic E-state index is 13.5. The summed E-state index contributed by atoms with van der Waals surface area (Å²) in [5, 5.41) is 12.4. The number of benzene rings is 2. The predicted octanol–water partition coefficient (Wildman–Crippen LogP) is 3.92. The van der Waals surface area contributed by atoms with Gasteiger partial charge in [-0.1, -0.05) is 56.3 Å². The molecule has 9 heteroatoms. The number of amides is 3. The molecule has 0 aliphatic carbocycles. The van der Waals surface area contributed by atoms with E-state index in [4.69, 9.17) is 9.15 Å². The Morgan fingerprint density at radius 3 is 2.61 bits per heavy atom. The summed E-state index contributed by atoms with van der Waals surface area (Å²) in [5.74, 6) is -0.0804. The lowest BCUT2D eigenvalue weighted by Crippen LogP contribution is -2.51. The van der Waals surface area contributed by atoms with Gasteiger partial charge in [-0.2, -0.15) is 5.10 Å². The lowest BCUT2D eigenvalue weighted by Gasteiger charge is -2.23. The van der Waals surface area contributed by atoms with Gasteiger partial charge in [0.1, 0.15) is 6.04 Å². The molecule has 2 atom stereocenters. The second-order valence-electron chi connectivity index (χ2n) is 9.83. The zero-order valence-electron chi connectivity index (χ0n) is 22.0. The minimum Gasteiger partial charge on any atom is -0.493 e. The summed E-state index contributed by atoms with van der Waals surface area (Å²) < 4.78 is 11.1.